The van der Waals surface area contributed by atoms with Crippen molar-refractivity contribution < 1.29 is 18.7 Å². The Hall–Kier alpha value is -2.53. The van der Waals surface area contributed by atoms with Crippen LogP contribution in [0.1, 0.15) is 35.7 Å². The molecule has 9 nitrogen and oxygen atoms in total. The number of nitrogens with zero attached hydrogens (tertiary/aromatic N) is 3. The molecule has 0 spiro atoms. The SMILES string of the molecule is O=C(N[C@@H](c1ccc(Cl)c(F)c1)C1CNCCO1)N1CCc2cnc(NC3CCOCC3)nc2C1. The van der Waals surface area contributed by atoms with Crippen molar-refractivity contribution in [1.29, 1.82) is 0 Å². The molecule has 1 aromatic heterocycles. The smallest absolute Gasteiger partial charge is 0.318 e. The van der Waals surface area contributed by atoms with Crippen LogP contribution in [0.4, 0.5) is 15.1 Å². The number of ether oxygens (including phenoxy) is 2. The lowest BCUT2D eigenvalue weighted by molar-refractivity contribution is 0.00488. The fourth-order valence-electron chi connectivity index (χ4n) is 4.69. The minimum Gasteiger partial charge on any atom is -0.381 e. The zero-order valence-electron chi connectivity index (χ0n) is 19.4. The van der Waals surface area contributed by atoms with Crippen molar-refractivity contribution >= 4 is 23.6 Å². The number of morpholine rings is 1. The van der Waals surface area contributed by atoms with Gasteiger partial charge in [0.2, 0.25) is 5.95 Å². The number of rotatable bonds is 5. The summed E-state index contributed by atoms with van der Waals surface area (Å²) in [5.74, 6) is 0.0504. The van der Waals surface area contributed by atoms with Crippen molar-refractivity contribution in [3.63, 3.8) is 0 Å². The number of hydrogen-bond acceptors (Lipinski definition) is 7. The Morgan fingerprint density at radius 1 is 1.29 bits per heavy atom. The largest absolute Gasteiger partial charge is 0.381 e. The van der Waals surface area contributed by atoms with Gasteiger partial charge in [0.25, 0.3) is 0 Å². The highest BCUT2D eigenvalue weighted by atomic mass is 35.5. The summed E-state index contributed by atoms with van der Waals surface area (Å²) in [5, 5.41) is 9.78. The molecule has 2 fully saturated rings. The van der Waals surface area contributed by atoms with Crippen LogP contribution < -0.4 is 16.0 Å². The minimum absolute atomic E-state index is 0.0407. The van der Waals surface area contributed by atoms with E-state index in [1.807, 2.05) is 6.20 Å². The number of benzene rings is 1. The van der Waals surface area contributed by atoms with Gasteiger partial charge < -0.3 is 30.3 Å². The summed E-state index contributed by atoms with van der Waals surface area (Å²) < 4.78 is 25.6. The van der Waals surface area contributed by atoms with Gasteiger partial charge in [-0.3, -0.25) is 0 Å². The third kappa shape index (κ3) is 5.83. The van der Waals surface area contributed by atoms with Crippen molar-refractivity contribution in [3.8, 4) is 0 Å². The van der Waals surface area contributed by atoms with Crippen molar-refractivity contribution in [2.24, 2.45) is 0 Å². The maximum absolute atomic E-state index is 14.2. The Bertz CT molecular complexity index is 1050. The van der Waals surface area contributed by atoms with E-state index in [-0.39, 0.29) is 23.2 Å². The van der Waals surface area contributed by atoms with E-state index < -0.39 is 11.9 Å². The van der Waals surface area contributed by atoms with Gasteiger partial charge in [0, 0.05) is 45.1 Å². The van der Waals surface area contributed by atoms with E-state index in [9.17, 15) is 9.18 Å². The zero-order chi connectivity index (χ0) is 24.2. The molecule has 3 aliphatic heterocycles. The molecule has 3 aliphatic rings. The number of amides is 2. The lowest BCUT2D eigenvalue weighted by atomic mass is 10.00. The molecule has 2 atom stereocenters. The maximum Gasteiger partial charge on any atom is 0.318 e. The number of anilines is 1. The van der Waals surface area contributed by atoms with E-state index in [2.05, 4.69) is 20.9 Å². The van der Waals surface area contributed by atoms with E-state index >= 15 is 0 Å². The predicted molar refractivity (Wildman–Crippen MR) is 129 cm³/mol. The Kier molecular flexibility index (Phi) is 7.62. The fourth-order valence-corrected chi connectivity index (χ4v) is 4.81. The molecule has 0 radical (unpaired) electrons. The number of carbonyl (C=O) groups is 1. The van der Waals surface area contributed by atoms with Crippen LogP contribution >= 0.6 is 11.6 Å². The molecule has 0 bridgehead atoms. The molecular formula is C24H30ClFN6O3. The summed E-state index contributed by atoms with van der Waals surface area (Å²) in [6, 6.07) is 4.10. The molecule has 35 heavy (non-hydrogen) atoms. The number of aromatic nitrogens is 2. The van der Waals surface area contributed by atoms with Gasteiger partial charge in [-0.2, -0.15) is 0 Å². The highest BCUT2D eigenvalue weighted by Gasteiger charge is 2.31. The lowest BCUT2D eigenvalue weighted by Crippen LogP contribution is -2.51. The van der Waals surface area contributed by atoms with Gasteiger partial charge in [-0.15, -0.1) is 0 Å². The molecule has 11 heteroatoms. The monoisotopic (exact) mass is 504 g/mol. The van der Waals surface area contributed by atoms with E-state index in [1.54, 1.807) is 11.0 Å². The first kappa shape index (κ1) is 24.2. The van der Waals surface area contributed by atoms with Crippen LogP contribution in [-0.2, 0) is 22.4 Å². The van der Waals surface area contributed by atoms with Crippen LogP contribution in [0.25, 0.3) is 0 Å². The van der Waals surface area contributed by atoms with Crippen molar-refractivity contribution in [3.05, 3.63) is 52.1 Å². The molecule has 2 amide bonds. The Morgan fingerprint density at radius 2 is 2.14 bits per heavy atom. The van der Waals surface area contributed by atoms with Crippen LogP contribution in [0, 0.1) is 5.82 Å². The number of urea groups is 1. The van der Waals surface area contributed by atoms with Gasteiger partial charge in [0.05, 0.1) is 36.0 Å². The molecule has 188 valence electrons. The first-order valence-electron chi connectivity index (χ1n) is 12.1. The van der Waals surface area contributed by atoms with Crippen LogP contribution in [0.2, 0.25) is 5.02 Å². The van der Waals surface area contributed by atoms with Gasteiger partial charge in [-0.1, -0.05) is 17.7 Å². The number of hydrogen-bond donors (Lipinski definition) is 3. The Balaban J connectivity index is 1.29. The van der Waals surface area contributed by atoms with E-state index in [4.69, 9.17) is 26.1 Å². The number of fused-ring (bicyclic) bond motifs is 1. The minimum atomic E-state index is -0.528. The summed E-state index contributed by atoms with van der Waals surface area (Å²) in [5.41, 5.74) is 2.49. The van der Waals surface area contributed by atoms with Crippen LogP contribution in [0.3, 0.4) is 0 Å². The van der Waals surface area contributed by atoms with Gasteiger partial charge in [-0.05, 0) is 42.5 Å². The van der Waals surface area contributed by atoms with Crippen molar-refractivity contribution in [1.82, 2.24) is 25.5 Å². The van der Waals surface area contributed by atoms with Gasteiger partial charge in [0.15, 0.2) is 0 Å². The second-order valence-electron chi connectivity index (χ2n) is 9.08. The van der Waals surface area contributed by atoms with Crippen LogP contribution in [0.5, 0.6) is 0 Å². The van der Waals surface area contributed by atoms with Gasteiger partial charge in [0.1, 0.15) is 5.82 Å². The highest BCUT2D eigenvalue weighted by molar-refractivity contribution is 6.30. The van der Waals surface area contributed by atoms with Crippen LogP contribution in [0.15, 0.2) is 24.4 Å². The second kappa shape index (κ2) is 11.0. The Labute approximate surface area is 208 Å². The average molecular weight is 505 g/mol. The number of nitrogens with one attached hydrogen (secondary N) is 3. The summed E-state index contributed by atoms with van der Waals surface area (Å²) >= 11 is 5.88. The van der Waals surface area contributed by atoms with Crippen LogP contribution in [-0.4, -0.2) is 72.5 Å². The maximum atomic E-state index is 14.2. The predicted octanol–water partition coefficient (Wildman–Crippen LogP) is 2.66. The summed E-state index contributed by atoms with van der Waals surface area (Å²) in [7, 11) is 0. The molecule has 5 rings (SSSR count). The zero-order valence-corrected chi connectivity index (χ0v) is 20.2. The second-order valence-corrected chi connectivity index (χ2v) is 9.49. The molecule has 3 N–H and O–H groups in total. The van der Waals surface area contributed by atoms with E-state index in [0.29, 0.717) is 44.2 Å². The summed E-state index contributed by atoms with van der Waals surface area (Å²) in [6.45, 7) is 4.18. The molecule has 0 aliphatic carbocycles. The van der Waals surface area contributed by atoms with E-state index in [0.717, 1.165) is 43.9 Å². The highest BCUT2D eigenvalue weighted by Crippen LogP contribution is 2.26. The third-order valence-corrected chi connectivity index (χ3v) is 7.00. The molecule has 1 aromatic carbocycles. The third-order valence-electron chi connectivity index (χ3n) is 6.70. The first-order chi connectivity index (χ1) is 17.1. The average Bonchev–Trinajstić information content (AvgIpc) is 2.89. The van der Waals surface area contributed by atoms with Crippen molar-refractivity contribution in [2.75, 3.05) is 44.8 Å². The normalized spacial score (nSPS) is 21.8. The number of halogens is 2. The Morgan fingerprint density at radius 3 is 2.91 bits per heavy atom. The fraction of sp³-hybridized carbons (Fsp3) is 0.542. The summed E-state index contributed by atoms with van der Waals surface area (Å²) in [4.78, 5) is 24.2. The first-order valence-corrected chi connectivity index (χ1v) is 12.5. The molecule has 2 saturated heterocycles. The molecule has 2 aromatic rings. The van der Waals surface area contributed by atoms with Gasteiger partial charge >= 0.3 is 6.03 Å². The van der Waals surface area contributed by atoms with E-state index in [1.165, 1.54) is 12.1 Å². The quantitative estimate of drug-likeness (QED) is 0.575. The molecule has 1 unspecified atom stereocenters. The topological polar surface area (TPSA) is 101 Å². The standard InChI is InChI=1S/C24H30ClFN6O3/c25-18-2-1-15(11-19(18)26)22(21-13-27-6-10-35-21)31-24(33)32-7-3-16-12-28-23(30-20(16)14-32)29-17-4-8-34-9-5-17/h1-2,11-12,17,21-22,27H,3-10,13-14H2,(H,31,33)(H,28,29,30)/t21?,22-/m0/s1. The van der Waals surface area contributed by atoms with Gasteiger partial charge in [-0.25, -0.2) is 19.2 Å². The lowest BCUT2D eigenvalue weighted by Gasteiger charge is -2.35. The van der Waals surface area contributed by atoms with Crippen molar-refractivity contribution in [2.45, 2.75) is 44.0 Å². The molecular weight excluding hydrogens is 475 g/mol. The summed E-state index contributed by atoms with van der Waals surface area (Å²) in [6.07, 6.45) is 4.02. The number of carbonyl (C=O) groups excluding carboxylic acids is 1. The molecule has 4 heterocycles. The molecule has 0 saturated carbocycles.